The van der Waals surface area contributed by atoms with Crippen molar-refractivity contribution >= 4 is 23.1 Å². The van der Waals surface area contributed by atoms with Crippen molar-refractivity contribution in [1.82, 2.24) is 15.0 Å². The summed E-state index contributed by atoms with van der Waals surface area (Å²) in [7, 11) is 0. The van der Waals surface area contributed by atoms with Crippen LogP contribution in [0, 0.1) is 5.95 Å². The van der Waals surface area contributed by atoms with E-state index in [0.717, 1.165) is 18.7 Å². The molecule has 4 rings (SSSR count). The smallest absolute Gasteiger partial charge is 0.275 e. The molecule has 29 heavy (non-hydrogen) atoms. The molecule has 0 bridgehead atoms. The molecule has 0 radical (unpaired) electrons. The summed E-state index contributed by atoms with van der Waals surface area (Å²) in [6.07, 6.45) is 4.43. The number of anilines is 3. The van der Waals surface area contributed by atoms with Crippen LogP contribution in [0.3, 0.4) is 0 Å². The zero-order chi connectivity index (χ0) is 20.2. The van der Waals surface area contributed by atoms with Gasteiger partial charge in [0.1, 0.15) is 11.5 Å². The first kappa shape index (κ1) is 18.8. The lowest BCUT2D eigenvalue weighted by atomic mass is 10.1. The van der Waals surface area contributed by atoms with E-state index >= 15 is 0 Å². The molecule has 148 valence electrons. The predicted molar refractivity (Wildman–Crippen MR) is 107 cm³/mol. The quantitative estimate of drug-likeness (QED) is 0.517. The summed E-state index contributed by atoms with van der Waals surface area (Å²) in [5, 5.41) is 2.75. The average Bonchev–Trinajstić information content (AvgIpc) is 2.76. The van der Waals surface area contributed by atoms with Crippen molar-refractivity contribution in [2.75, 3.05) is 42.3 Å². The maximum atomic E-state index is 13.0. The Bertz CT molecular complexity index is 1000. The number of nitrogens with one attached hydrogen (secondary N) is 1. The van der Waals surface area contributed by atoms with Crippen molar-refractivity contribution in [1.29, 1.82) is 0 Å². The molecular weight excluding hydrogens is 375 g/mol. The number of hydrogen-bond donors (Lipinski definition) is 2. The first-order valence-electron chi connectivity index (χ1n) is 9.08. The van der Waals surface area contributed by atoms with Gasteiger partial charge in [0.15, 0.2) is 0 Å². The van der Waals surface area contributed by atoms with Crippen molar-refractivity contribution in [2.24, 2.45) is 0 Å². The molecule has 3 heterocycles. The second-order valence-corrected chi connectivity index (χ2v) is 6.49. The van der Waals surface area contributed by atoms with E-state index in [9.17, 15) is 9.18 Å². The van der Waals surface area contributed by atoms with E-state index in [2.05, 4.69) is 25.2 Å². The van der Waals surface area contributed by atoms with Crippen LogP contribution in [-0.4, -0.2) is 47.2 Å². The fourth-order valence-electron chi connectivity index (χ4n) is 2.97. The molecule has 1 aliphatic rings. The number of carbonyl (C=O) groups excluding carboxylic acids is 1. The van der Waals surface area contributed by atoms with Gasteiger partial charge in [-0.1, -0.05) is 6.07 Å². The highest BCUT2D eigenvalue weighted by molar-refractivity contribution is 6.04. The van der Waals surface area contributed by atoms with E-state index in [4.69, 9.17) is 10.5 Å². The van der Waals surface area contributed by atoms with E-state index in [1.54, 1.807) is 30.5 Å². The molecule has 0 unspecified atom stereocenters. The van der Waals surface area contributed by atoms with Crippen LogP contribution in [0.2, 0.25) is 0 Å². The normalized spacial score (nSPS) is 13.9. The summed E-state index contributed by atoms with van der Waals surface area (Å²) in [5.74, 6) is -0.279. The maximum absolute atomic E-state index is 13.0. The van der Waals surface area contributed by atoms with Gasteiger partial charge in [0.2, 0.25) is 5.95 Å². The minimum Gasteiger partial charge on any atom is -0.397 e. The van der Waals surface area contributed by atoms with Gasteiger partial charge in [-0.25, -0.2) is 15.0 Å². The first-order chi connectivity index (χ1) is 14.1. The number of nitrogens with zero attached hydrogens (tertiary/aromatic N) is 4. The molecule has 0 aliphatic carbocycles. The monoisotopic (exact) mass is 394 g/mol. The third-order valence-corrected chi connectivity index (χ3v) is 4.57. The van der Waals surface area contributed by atoms with Crippen molar-refractivity contribution in [2.45, 2.75) is 0 Å². The van der Waals surface area contributed by atoms with Gasteiger partial charge in [0, 0.05) is 24.8 Å². The molecule has 3 N–H and O–H groups in total. The number of ether oxygens (including phenoxy) is 1. The molecule has 1 aromatic carbocycles. The second-order valence-electron chi connectivity index (χ2n) is 6.49. The van der Waals surface area contributed by atoms with Gasteiger partial charge in [-0.15, -0.1) is 0 Å². The van der Waals surface area contributed by atoms with Gasteiger partial charge in [-0.2, -0.15) is 4.39 Å². The topological polar surface area (TPSA) is 106 Å². The summed E-state index contributed by atoms with van der Waals surface area (Å²) >= 11 is 0. The second kappa shape index (κ2) is 8.19. The Labute approximate surface area is 166 Å². The predicted octanol–water partition coefficient (Wildman–Crippen LogP) is 2.35. The van der Waals surface area contributed by atoms with Crippen molar-refractivity contribution < 1.29 is 13.9 Å². The number of rotatable bonds is 4. The number of benzene rings is 1. The van der Waals surface area contributed by atoms with Crippen LogP contribution in [0.15, 0.2) is 48.9 Å². The van der Waals surface area contributed by atoms with Crippen LogP contribution in [0.4, 0.5) is 21.6 Å². The summed E-state index contributed by atoms with van der Waals surface area (Å²) < 4.78 is 18.4. The minimum atomic E-state index is -0.558. The summed E-state index contributed by atoms with van der Waals surface area (Å²) in [6, 6.07) is 8.03. The largest absolute Gasteiger partial charge is 0.397 e. The SMILES string of the molecule is Nc1ccc(-c2ccc(F)nc2)cc1NC(=O)c1cnc(N2CCOCC2)cn1. The van der Waals surface area contributed by atoms with Gasteiger partial charge in [0.05, 0.1) is 37.0 Å². The van der Waals surface area contributed by atoms with Gasteiger partial charge in [0.25, 0.3) is 5.91 Å². The number of hydrogen-bond acceptors (Lipinski definition) is 7. The van der Waals surface area contributed by atoms with Crippen molar-refractivity contribution in [3.63, 3.8) is 0 Å². The van der Waals surface area contributed by atoms with Crippen LogP contribution in [0.1, 0.15) is 10.5 Å². The third-order valence-electron chi connectivity index (χ3n) is 4.57. The number of halogens is 1. The molecule has 9 heteroatoms. The van der Waals surface area contributed by atoms with Crippen LogP contribution in [0.5, 0.6) is 0 Å². The maximum Gasteiger partial charge on any atom is 0.275 e. The molecule has 8 nitrogen and oxygen atoms in total. The lowest BCUT2D eigenvalue weighted by Crippen LogP contribution is -2.36. The number of nitrogens with two attached hydrogens (primary N) is 1. The van der Waals surface area contributed by atoms with E-state index < -0.39 is 11.9 Å². The third kappa shape index (κ3) is 4.30. The van der Waals surface area contributed by atoms with Crippen LogP contribution >= 0.6 is 0 Å². The van der Waals surface area contributed by atoms with Gasteiger partial charge in [-0.3, -0.25) is 4.79 Å². The number of carbonyl (C=O) groups is 1. The van der Waals surface area contributed by atoms with Crippen molar-refractivity contribution in [3.05, 3.63) is 60.6 Å². The lowest BCUT2D eigenvalue weighted by Gasteiger charge is -2.27. The molecule has 3 aromatic rings. The Hall–Kier alpha value is -3.59. The zero-order valence-corrected chi connectivity index (χ0v) is 15.5. The number of morpholine rings is 1. The fraction of sp³-hybridized carbons (Fsp3) is 0.200. The first-order valence-corrected chi connectivity index (χ1v) is 9.08. The molecule has 1 aliphatic heterocycles. The zero-order valence-electron chi connectivity index (χ0n) is 15.5. The van der Waals surface area contributed by atoms with E-state index in [-0.39, 0.29) is 5.69 Å². The molecule has 0 saturated carbocycles. The Morgan fingerprint density at radius 3 is 2.52 bits per heavy atom. The molecule has 1 saturated heterocycles. The van der Waals surface area contributed by atoms with Crippen LogP contribution in [0.25, 0.3) is 11.1 Å². The highest BCUT2D eigenvalue weighted by atomic mass is 19.1. The Kier molecular flexibility index (Phi) is 5.30. The molecule has 0 spiro atoms. The van der Waals surface area contributed by atoms with E-state index in [1.165, 1.54) is 18.5 Å². The molecule has 1 amide bonds. The van der Waals surface area contributed by atoms with E-state index in [0.29, 0.717) is 36.0 Å². The number of amides is 1. The summed E-state index contributed by atoms with van der Waals surface area (Å²) in [5.41, 5.74) is 8.45. The highest BCUT2D eigenvalue weighted by Crippen LogP contribution is 2.27. The molecule has 2 aromatic heterocycles. The molecular formula is C20H19FN6O2. The van der Waals surface area contributed by atoms with Gasteiger partial charge in [-0.05, 0) is 29.8 Å². The van der Waals surface area contributed by atoms with Crippen LogP contribution in [-0.2, 0) is 4.74 Å². The molecule has 1 fully saturated rings. The van der Waals surface area contributed by atoms with E-state index in [1.807, 2.05) is 0 Å². The van der Waals surface area contributed by atoms with Gasteiger partial charge < -0.3 is 20.7 Å². The highest BCUT2D eigenvalue weighted by Gasteiger charge is 2.15. The molecule has 0 atom stereocenters. The summed E-state index contributed by atoms with van der Waals surface area (Å²) in [6.45, 7) is 2.76. The summed E-state index contributed by atoms with van der Waals surface area (Å²) in [4.78, 5) is 26.8. The minimum absolute atomic E-state index is 0.176. The lowest BCUT2D eigenvalue weighted by molar-refractivity contribution is 0.102. The van der Waals surface area contributed by atoms with Gasteiger partial charge >= 0.3 is 0 Å². The van der Waals surface area contributed by atoms with Crippen LogP contribution < -0.4 is 16.0 Å². The number of nitrogen functional groups attached to an aromatic ring is 1. The Balaban J connectivity index is 1.50. The van der Waals surface area contributed by atoms with Crippen molar-refractivity contribution in [3.8, 4) is 11.1 Å². The Morgan fingerprint density at radius 1 is 1.03 bits per heavy atom. The standard InChI is InChI=1S/C20H19FN6O2/c21-18-4-2-14(10-24-18)13-1-3-15(22)16(9-13)26-20(28)17-11-25-19(12-23-17)27-5-7-29-8-6-27/h1-4,9-12H,5-8,22H2,(H,26,28). The Morgan fingerprint density at radius 2 is 1.83 bits per heavy atom. The fourth-order valence-corrected chi connectivity index (χ4v) is 2.97. The number of aromatic nitrogens is 3. The number of pyridine rings is 1. The average molecular weight is 394 g/mol.